The lowest BCUT2D eigenvalue weighted by Crippen LogP contribution is -2.06. The minimum atomic E-state index is -0.0990. The number of amides is 1. The van der Waals surface area contributed by atoms with Gasteiger partial charge in [-0.05, 0) is 68.0 Å². The summed E-state index contributed by atoms with van der Waals surface area (Å²) in [5.74, 6) is 0.460. The molecule has 2 aromatic carbocycles. The SMILES string of the molecule is CC(=O)Nc1ccc(-n2c(C)cc(C=C(C#N)c3nc4ccccc4[nH]3)c2C)cc1. The van der Waals surface area contributed by atoms with Gasteiger partial charge in [0.25, 0.3) is 0 Å². The Kier molecular flexibility index (Phi) is 4.95. The van der Waals surface area contributed by atoms with Crippen LogP contribution in [0.1, 0.15) is 29.7 Å². The summed E-state index contributed by atoms with van der Waals surface area (Å²) < 4.78 is 2.12. The Hall–Kier alpha value is -4.11. The number of aromatic nitrogens is 3. The highest BCUT2D eigenvalue weighted by Crippen LogP contribution is 2.26. The number of carbonyl (C=O) groups is 1. The number of anilines is 1. The summed E-state index contributed by atoms with van der Waals surface area (Å²) in [4.78, 5) is 19.0. The lowest BCUT2D eigenvalue weighted by Gasteiger charge is -2.11. The van der Waals surface area contributed by atoms with Crippen LogP contribution in [-0.4, -0.2) is 20.4 Å². The van der Waals surface area contributed by atoms with Gasteiger partial charge < -0.3 is 14.9 Å². The molecule has 0 saturated heterocycles. The Labute approximate surface area is 174 Å². The molecule has 6 heteroatoms. The van der Waals surface area contributed by atoms with Gasteiger partial charge in [0.05, 0.1) is 16.6 Å². The minimum Gasteiger partial charge on any atom is -0.337 e. The molecule has 4 rings (SSSR count). The molecule has 0 spiro atoms. The van der Waals surface area contributed by atoms with Crippen LogP contribution in [0.25, 0.3) is 28.4 Å². The van der Waals surface area contributed by atoms with Crippen molar-refractivity contribution >= 4 is 34.3 Å². The highest BCUT2D eigenvalue weighted by molar-refractivity contribution is 5.91. The quantitative estimate of drug-likeness (QED) is 0.477. The van der Waals surface area contributed by atoms with Crippen LogP contribution in [0.3, 0.4) is 0 Å². The van der Waals surface area contributed by atoms with Gasteiger partial charge in [-0.1, -0.05) is 12.1 Å². The standard InChI is InChI=1S/C24H21N5O/c1-15-12-18(13-19(14-25)24-27-22-6-4-5-7-23(22)28-24)16(2)29(15)21-10-8-20(9-11-21)26-17(3)30/h4-13H,1-3H3,(H,26,30)(H,27,28). The molecule has 0 aliphatic carbocycles. The zero-order chi connectivity index (χ0) is 21.3. The van der Waals surface area contributed by atoms with Crippen LogP contribution in [0, 0.1) is 25.2 Å². The molecule has 0 aliphatic rings. The van der Waals surface area contributed by atoms with Gasteiger partial charge in [0.15, 0.2) is 0 Å². The molecule has 0 fully saturated rings. The smallest absolute Gasteiger partial charge is 0.221 e. The van der Waals surface area contributed by atoms with E-state index in [0.29, 0.717) is 11.4 Å². The van der Waals surface area contributed by atoms with E-state index in [1.54, 1.807) is 0 Å². The van der Waals surface area contributed by atoms with Crippen molar-refractivity contribution in [3.05, 3.63) is 77.4 Å². The Balaban J connectivity index is 1.72. The molecule has 2 heterocycles. The molecule has 0 radical (unpaired) electrons. The van der Waals surface area contributed by atoms with Crippen molar-refractivity contribution in [2.24, 2.45) is 0 Å². The number of hydrogen-bond donors (Lipinski definition) is 2. The van der Waals surface area contributed by atoms with Gasteiger partial charge in [-0.15, -0.1) is 0 Å². The first-order valence-electron chi connectivity index (χ1n) is 9.60. The summed E-state index contributed by atoms with van der Waals surface area (Å²) in [6.07, 6.45) is 1.86. The Morgan fingerprint density at radius 3 is 2.57 bits per heavy atom. The van der Waals surface area contributed by atoms with Gasteiger partial charge >= 0.3 is 0 Å². The average molecular weight is 395 g/mol. The number of nitrogens with one attached hydrogen (secondary N) is 2. The van der Waals surface area contributed by atoms with Crippen molar-refractivity contribution < 1.29 is 4.79 Å². The summed E-state index contributed by atoms with van der Waals surface area (Å²) in [6, 6.07) is 19.7. The van der Waals surface area contributed by atoms with Crippen molar-refractivity contribution in [3.8, 4) is 11.8 Å². The second kappa shape index (κ2) is 7.72. The van der Waals surface area contributed by atoms with E-state index in [1.165, 1.54) is 6.92 Å². The maximum absolute atomic E-state index is 11.2. The Morgan fingerprint density at radius 2 is 1.90 bits per heavy atom. The van der Waals surface area contributed by atoms with Crippen molar-refractivity contribution in [3.63, 3.8) is 0 Å². The summed E-state index contributed by atoms with van der Waals surface area (Å²) in [5.41, 5.74) is 6.97. The summed E-state index contributed by atoms with van der Waals surface area (Å²) in [6.45, 7) is 5.54. The van der Waals surface area contributed by atoms with E-state index in [0.717, 1.165) is 39.4 Å². The third-order valence-electron chi connectivity index (χ3n) is 4.98. The third-order valence-corrected chi connectivity index (χ3v) is 4.98. The number of aryl methyl sites for hydroxylation is 1. The van der Waals surface area contributed by atoms with E-state index in [4.69, 9.17) is 0 Å². The second-order valence-corrected chi connectivity index (χ2v) is 7.16. The maximum Gasteiger partial charge on any atom is 0.221 e. The molecule has 4 aromatic rings. The average Bonchev–Trinajstić information content (AvgIpc) is 3.27. The molecule has 148 valence electrons. The van der Waals surface area contributed by atoms with Gasteiger partial charge in [-0.3, -0.25) is 4.79 Å². The van der Waals surface area contributed by atoms with E-state index in [-0.39, 0.29) is 5.91 Å². The predicted octanol–water partition coefficient (Wildman–Crippen LogP) is 4.99. The van der Waals surface area contributed by atoms with Crippen molar-refractivity contribution in [1.82, 2.24) is 14.5 Å². The highest BCUT2D eigenvalue weighted by atomic mass is 16.1. The number of fused-ring (bicyclic) bond motifs is 1. The predicted molar refractivity (Wildman–Crippen MR) is 119 cm³/mol. The van der Waals surface area contributed by atoms with E-state index in [2.05, 4.69) is 32.0 Å². The molecular weight excluding hydrogens is 374 g/mol. The number of allylic oxidation sites excluding steroid dienone is 1. The molecule has 2 aromatic heterocycles. The van der Waals surface area contributed by atoms with E-state index < -0.39 is 0 Å². The lowest BCUT2D eigenvalue weighted by atomic mass is 10.1. The topological polar surface area (TPSA) is 86.5 Å². The largest absolute Gasteiger partial charge is 0.337 e. The molecule has 0 unspecified atom stereocenters. The number of hydrogen-bond acceptors (Lipinski definition) is 3. The molecule has 0 bridgehead atoms. The minimum absolute atomic E-state index is 0.0990. The molecule has 0 saturated carbocycles. The van der Waals surface area contributed by atoms with Gasteiger partial charge in [0.1, 0.15) is 11.9 Å². The first kappa shape index (κ1) is 19.2. The zero-order valence-electron chi connectivity index (χ0n) is 17.0. The number of rotatable bonds is 4. The Morgan fingerprint density at radius 1 is 1.17 bits per heavy atom. The van der Waals surface area contributed by atoms with Crippen LogP contribution in [0.15, 0.2) is 54.6 Å². The molecule has 30 heavy (non-hydrogen) atoms. The van der Waals surface area contributed by atoms with Crippen LogP contribution in [-0.2, 0) is 4.79 Å². The monoisotopic (exact) mass is 395 g/mol. The molecule has 6 nitrogen and oxygen atoms in total. The highest BCUT2D eigenvalue weighted by Gasteiger charge is 2.13. The first-order valence-corrected chi connectivity index (χ1v) is 9.60. The molecular formula is C24H21N5O. The lowest BCUT2D eigenvalue weighted by molar-refractivity contribution is -0.114. The van der Waals surface area contributed by atoms with Crippen LogP contribution >= 0.6 is 0 Å². The van der Waals surface area contributed by atoms with Crippen LogP contribution in [0.2, 0.25) is 0 Å². The second-order valence-electron chi connectivity index (χ2n) is 7.16. The molecule has 1 amide bonds. The van der Waals surface area contributed by atoms with E-state index in [1.807, 2.05) is 68.5 Å². The third kappa shape index (κ3) is 3.61. The van der Waals surface area contributed by atoms with Gasteiger partial charge in [0, 0.05) is 29.7 Å². The van der Waals surface area contributed by atoms with Crippen molar-refractivity contribution in [2.75, 3.05) is 5.32 Å². The number of para-hydroxylation sites is 2. The van der Waals surface area contributed by atoms with Gasteiger partial charge in [0.2, 0.25) is 5.91 Å². The number of nitrogens with zero attached hydrogens (tertiary/aromatic N) is 3. The number of imidazole rings is 1. The number of benzene rings is 2. The van der Waals surface area contributed by atoms with Crippen LogP contribution in [0.4, 0.5) is 5.69 Å². The summed E-state index contributed by atoms with van der Waals surface area (Å²) in [7, 11) is 0. The fourth-order valence-corrected chi connectivity index (χ4v) is 3.62. The summed E-state index contributed by atoms with van der Waals surface area (Å²) in [5, 5.41) is 12.5. The van der Waals surface area contributed by atoms with Crippen LogP contribution < -0.4 is 5.32 Å². The normalized spacial score (nSPS) is 11.5. The fraction of sp³-hybridized carbons (Fsp3) is 0.125. The molecule has 2 N–H and O–H groups in total. The number of aromatic amines is 1. The molecule has 0 atom stereocenters. The van der Waals surface area contributed by atoms with Gasteiger partial charge in [-0.25, -0.2) is 4.98 Å². The van der Waals surface area contributed by atoms with E-state index >= 15 is 0 Å². The zero-order valence-corrected chi connectivity index (χ0v) is 17.0. The summed E-state index contributed by atoms with van der Waals surface area (Å²) >= 11 is 0. The van der Waals surface area contributed by atoms with Crippen LogP contribution in [0.5, 0.6) is 0 Å². The maximum atomic E-state index is 11.2. The number of H-pyrrole nitrogens is 1. The number of nitriles is 1. The van der Waals surface area contributed by atoms with E-state index in [9.17, 15) is 10.1 Å². The Bertz CT molecular complexity index is 1280. The number of carbonyl (C=O) groups excluding carboxylic acids is 1. The molecule has 0 aliphatic heterocycles. The fourth-order valence-electron chi connectivity index (χ4n) is 3.62. The van der Waals surface area contributed by atoms with Crippen molar-refractivity contribution in [2.45, 2.75) is 20.8 Å². The van der Waals surface area contributed by atoms with Gasteiger partial charge in [-0.2, -0.15) is 5.26 Å². The van der Waals surface area contributed by atoms with Crippen molar-refractivity contribution in [1.29, 1.82) is 5.26 Å². The first-order chi connectivity index (χ1) is 14.5.